The van der Waals surface area contributed by atoms with Crippen molar-refractivity contribution in [1.29, 1.82) is 0 Å². The Balaban J connectivity index is 2.36. The van der Waals surface area contributed by atoms with E-state index in [1.165, 1.54) is 33.9 Å². The lowest BCUT2D eigenvalue weighted by atomic mass is 10.0. The average Bonchev–Trinajstić information content (AvgIpc) is 2.80. The zero-order valence-electron chi connectivity index (χ0n) is 18.0. The molecule has 0 N–H and O–H groups in total. The summed E-state index contributed by atoms with van der Waals surface area (Å²) in [4.78, 5) is 24.6. The summed E-state index contributed by atoms with van der Waals surface area (Å²) in [6, 6.07) is 14.5. The summed E-state index contributed by atoms with van der Waals surface area (Å²) in [7, 11) is 5.64. The van der Waals surface area contributed by atoms with Crippen LogP contribution in [0.15, 0.2) is 61.1 Å². The number of ether oxygens (including phenoxy) is 5. The van der Waals surface area contributed by atoms with Crippen molar-refractivity contribution in [2.75, 3.05) is 28.4 Å². The highest BCUT2D eigenvalue weighted by Crippen LogP contribution is 2.24. The maximum absolute atomic E-state index is 12.4. The number of carbonyl (C=O) groups excluding carboxylic acids is 2. The van der Waals surface area contributed by atoms with Crippen molar-refractivity contribution in [3.05, 3.63) is 83.3 Å². The predicted octanol–water partition coefficient (Wildman–Crippen LogP) is 3.72. The fourth-order valence-corrected chi connectivity index (χ4v) is 2.97. The summed E-state index contributed by atoms with van der Waals surface area (Å²) < 4.78 is 25.8. The molecule has 0 amide bonds. The van der Waals surface area contributed by atoms with Crippen LogP contribution in [-0.4, -0.2) is 40.4 Å². The molecule has 0 aromatic heterocycles. The van der Waals surface area contributed by atoms with Gasteiger partial charge in [-0.2, -0.15) is 0 Å². The van der Waals surface area contributed by atoms with Crippen LogP contribution in [0, 0.1) is 0 Å². The molecule has 7 nitrogen and oxygen atoms in total. The van der Waals surface area contributed by atoms with Crippen LogP contribution in [0.25, 0.3) is 11.1 Å². The molecule has 0 heterocycles. The molecule has 0 saturated heterocycles. The van der Waals surface area contributed by atoms with Gasteiger partial charge in [-0.15, -0.1) is 0 Å². The van der Waals surface area contributed by atoms with Gasteiger partial charge in [-0.3, -0.25) is 0 Å². The highest BCUT2D eigenvalue weighted by molar-refractivity contribution is 6.17. The molecule has 2 aromatic carbocycles. The highest BCUT2D eigenvalue weighted by Gasteiger charge is 2.18. The number of carbonyl (C=O) groups is 2. The SMILES string of the molecule is CO/C=C(/C(=O)OC)c1ccccc1CO/C=C(/C(=O)OC)c1ccccc1COC. The van der Waals surface area contributed by atoms with Crippen LogP contribution in [0.5, 0.6) is 0 Å². The van der Waals surface area contributed by atoms with E-state index >= 15 is 0 Å². The van der Waals surface area contributed by atoms with E-state index in [1.807, 2.05) is 30.3 Å². The van der Waals surface area contributed by atoms with Gasteiger partial charge in [0.25, 0.3) is 0 Å². The quantitative estimate of drug-likeness (QED) is 0.325. The smallest absolute Gasteiger partial charge is 0.341 e. The van der Waals surface area contributed by atoms with Crippen LogP contribution in [-0.2, 0) is 46.5 Å². The lowest BCUT2D eigenvalue weighted by molar-refractivity contribution is -0.134. The molecule has 7 heteroatoms. The van der Waals surface area contributed by atoms with Gasteiger partial charge in [0, 0.05) is 7.11 Å². The minimum Gasteiger partial charge on any atom is -0.503 e. The molecule has 2 aromatic rings. The van der Waals surface area contributed by atoms with Gasteiger partial charge in [0.2, 0.25) is 0 Å². The molecule has 164 valence electrons. The zero-order valence-corrected chi connectivity index (χ0v) is 18.0. The Kier molecular flexibility index (Phi) is 9.32. The van der Waals surface area contributed by atoms with Gasteiger partial charge in [-0.1, -0.05) is 48.5 Å². The van der Waals surface area contributed by atoms with Crippen LogP contribution in [0.2, 0.25) is 0 Å². The second-order valence-electron chi connectivity index (χ2n) is 6.34. The van der Waals surface area contributed by atoms with E-state index in [9.17, 15) is 9.59 Å². The van der Waals surface area contributed by atoms with Gasteiger partial charge in [-0.25, -0.2) is 9.59 Å². The molecule has 0 aliphatic heterocycles. The second-order valence-corrected chi connectivity index (χ2v) is 6.34. The minimum absolute atomic E-state index is 0.0984. The summed E-state index contributed by atoms with van der Waals surface area (Å²) in [5.41, 5.74) is 3.30. The average molecular weight is 426 g/mol. The zero-order chi connectivity index (χ0) is 22.6. The number of hydrogen-bond acceptors (Lipinski definition) is 7. The monoisotopic (exact) mass is 426 g/mol. The summed E-state index contributed by atoms with van der Waals surface area (Å²) in [5, 5.41) is 0. The van der Waals surface area contributed by atoms with Gasteiger partial charge < -0.3 is 23.7 Å². The van der Waals surface area contributed by atoms with Crippen molar-refractivity contribution >= 4 is 23.1 Å². The Morgan fingerprint density at radius 1 is 0.710 bits per heavy atom. The third-order valence-corrected chi connectivity index (χ3v) is 4.40. The van der Waals surface area contributed by atoms with Crippen LogP contribution in [0.3, 0.4) is 0 Å². The molecule has 0 atom stereocenters. The van der Waals surface area contributed by atoms with Crippen molar-refractivity contribution in [1.82, 2.24) is 0 Å². The molecule has 0 aliphatic rings. The first-order valence-corrected chi connectivity index (χ1v) is 9.44. The van der Waals surface area contributed by atoms with Gasteiger partial charge in [0.05, 0.1) is 40.5 Å². The summed E-state index contributed by atoms with van der Waals surface area (Å²) in [6.45, 7) is 0.429. The van der Waals surface area contributed by atoms with E-state index in [1.54, 1.807) is 25.3 Å². The highest BCUT2D eigenvalue weighted by atomic mass is 16.5. The van der Waals surface area contributed by atoms with Crippen molar-refractivity contribution in [2.24, 2.45) is 0 Å². The van der Waals surface area contributed by atoms with Crippen LogP contribution in [0.1, 0.15) is 22.3 Å². The van der Waals surface area contributed by atoms with Crippen molar-refractivity contribution in [3.8, 4) is 0 Å². The molecule has 0 bridgehead atoms. The van der Waals surface area contributed by atoms with Crippen LogP contribution in [0.4, 0.5) is 0 Å². The number of rotatable bonds is 10. The lowest BCUT2D eigenvalue weighted by Crippen LogP contribution is -2.09. The molecule has 0 fully saturated rings. The van der Waals surface area contributed by atoms with Crippen molar-refractivity contribution in [3.63, 3.8) is 0 Å². The van der Waals surface area contributed by atoms with E-state index in [0.29, 0.717) is 23.3 Å². The van der Waals surface area contributed by atoms with Crippen LogP contribution < -0.4 is 0 Å². The van der Waals surface area contributed by atoms with Crippen LogP contribution >= 0.6 is 0 Å². The Morgan fingerprint density at radius 2 is 1.19 bits per heavy atom. The molecule has 31 heavy (non-hydrogen) atoms. The van der Waals surface area contributed by atoms with Gasteiger partial charge in [0.15, 0.2) is 0 Å². The topological polar surface area (TPSA) is 80.3 Å². The summed E-state index contributed by atoms with van der Waals surface area (Å²) in [6.07, 6.45) is 2.68. The van der Waals surface area contributed by atoms with Crippen molar-refractivity contribution < 1.29 is 33.3 Å². The standard InChI is InChI=1S/C24H26O7/c1-27-13-17-9-5-7-11-19(17)22(24(26)30-4)16-31-14-18-10-6-8-12-20(18)21(15-28-2)23(25)29-3/h5-12,15-16H,13-14H2,1-4H3/b21-15+,22-16+. The Morgan fingerprint density at radius 3 is 1.68 bits per heavy atom. The van der Waals surface area contributed by atoms with Crippen molar-refractivity contribution in [2.45, 2.75) is 13.2 Å². The summed E-state index contributed by atoms with van der Waals surface area (Å²) in [5.74, 6) is -1.07. The first kappa shape index (κ1) is 23.7. The van der Waals surface area contributed by atoms with E-state index in [4.69, 9.17) is 23.7 Å². The summed E-state index contributed by atoms with van der Waals surface area (Å²) >= 11 is 0. The van der Waals surface area contributed by atoms with E-state index in [2.05, 4.69) is 0 Å². The second kappa shape index (κ2) is 12.2. The molecule has 0 saturated carbocycles. The largest absolute Gasteiger partial charge is 0.503 e. The number of methoxy groups -OCH3 is 4. The number of esters is 2. The number of benzene rings is 2. The predicted molar refractivity (Wildman–Crippen MR) is 115 cm³/mol. The van der Waals surface area contributed by atoms with E-state index in [0.717, 1.165) is 5.56 Å². The first-order valence-electron chi connectivity index (χ1n) is 9.44. The van der Waals surface area contributed by atoms with E-state index in [-0.39, 0.29) is 17.8 Å². The molecular formula is C24H26O7. The molecule has 0 radical (unpaired) electrons. The third kappa shape index (κ3) is 6.20. The minimum atomic E-state index is -0.536. The van der Waals surface area contributed by atoms with E-state index < -0.39 is 11.9 Å². The third-order valence-electron chi connectivity index (χ3n) is 4.40. The fraction of sp³-hybridized carbons (Fsp3) is 0.250. The Hall–Kier alpha value is -3.58. The molecule has 2 rings (SSSR count). The Labute approximate surface area is 181 Å². The maximum atomic E-state index is 12.4. The lowest BCUT2D eigenvalue weighted by Gasteiger charge is -2.13. The first-order chi connectivity index (χ1) is 15.1. The normalized spacial score (nSPS) is 11.6. The van der Waals surface area contributed by atoms with Gasteiger partial charge in [-0.05, 0) is 22.3 Å². The maximum Gasteiger partial charge on any atom is 0.341 e. The Bertz CT molecular complexity index is 960. The molecule has 0 aliphatic carbocycles. The van der Waals surface area contributed by atoms with Gasteiger partial charge in [0.1, 0.15) is 17.8 Å². The van der Waals surface area contributed by atoms with Gasteiger partial charge >= 0.3 is 11.9 Å². The fourth-order valence-electron chi connectivity index (χ4n) is 2.97. The molecule has 0 unspecified atom stereocenters. The molecule has 0 spiro atoms. The molecular weight excluding hydrogens is 400 g/mol. The number of hydrogen-bond donors (Lipinski definition) is 0.